The van der Waals surface area contributed by atoms with Gasteiger partial charge in [0, 0.05) is 12.1 Å². The summed E-state index contributed by atoms with van der Waals surface area (Å²) in [5.41, 5.74) is 0.685. The summed E-state index contributed by atoms with van der Waals surface area (Å²) < 4.78 is 71.4. The van der Waals surface area contributed by atoms with Crippen molar-refractivity contribution in [3.05, 3.63) is 72.0 Å². The van der Waals surface area contributed by atoms with Gasteiger partial charge >= 0.3 is 6.18 Å². The maximum Gasteiger partial charge on any atom is 0.416 e. The molecule has 2 aromatic carbocycles. The summed E-state index contributed by atoms with van der Waals surface area (Å²) in [6.07, 6.45) is -3.07. The number of hydrogen-bond acceptors (Lipinski definition) is 4. The largest absolute Gasteiger partial charge is 0.464 e. The molecule has 0 aliphatic heterocycles. The molecule has 28 heavy (non-hydrogen) atoms. The lowest BCUT2D eigenvalue weighted by molar-refractivity contribution is -0.137. The first kappa shape index (κ1) is 20.0. The monoisotopic (exact) mass is 410 g/mol. The van der Waals surface area contributed by atoms with Gasteiger partial charge in [-0.15, -0.1) is 0 Å². The third-order valence-corrected chi connectivity index (χ3v) is 5.37. The molecule has 9 heteroatoms. The van der Waals surface area contributed by atoms with Crippen LogP contribution in [0.15, 0.2) is 70.2 Å². The van der Waals surface area contributed by atoms with Crippen molar-refractivity contribution in [1.82, 2.24) is 5.32 Å². The molecule has 0 saturated carbocycles. The van der Waals surface area contributed by atoms with E-state index in [2.05, 4.69) is 10.0 Å². The average molecular weight is 410 g/mol. The second-order valence-electron chi connectivity index (χ2n) is 6.02. The molecule has 0 amide bonds. The first-order valence-corrected chi connectivity index (χ1v) is 9.70. The van der Waals surface area contributed by atoms with Crippen LogP contribution in [0.2, 0.25) is 0 Å². The molecule has 3 rings (SSSR count). The summed E-state index contributed by atoms with van der Waals surface area (Å²) in [6, 6.07) is 11.9. The van der Waals surface area contributed by atoms with Gasteiger partial charge in [0.1, 0.15) is 5.76 Å². The first-order valence-electron chi connectivity index (χ1n) is 8.22. The highest BCUT2D eigenvalue weighted by molar-refractivity contribution is 7.92. The van der Waals surface area contributed by atoms with E-state index in [1.807, 2.05) is 6.07 Å². The van der Waals surface area contributed by atoms with E-state index in [4.69, 9.17) is 4.42 Å². The van der Waals surface area contributed by atoms with E-state index in [0.29, 0.717) is 17.9 Å². The van der Waals surface area contributed by atoms with E-state index in [1.54, 1.807) is 31.3 Å². The van der Waals surface area contributed by atoms with Crippen LogP contribution in [0.3, 0.4) is 0 Å². The Morgan fingerprint density at radius 3 is 2.32 bits per heavy atom. The van der Waals surface area contributed by atoms with Crippen LogP contribution in [-0.2, 0) is 22.7 Å². The van der Waals surface area contributed by atoms with Gasteiger partial charge in [0.25, 0.3) is 10.0 Å². The third kappa shape index (κ3) is 4.37. The van der Waals surface area contributed by atoms with Gasteiger partial charge in [-0.05, 0) is 61.1 Å². The predicted octanol–water partition coefficient (Wildman–Crippen LogP) is 4.49. The van der Waals surface area contributed by atoms with Crippen molar-refractivity contribution in [1.29, 1.82) is 0 Å². The maximum absolute atomic E-state index is 12.7. The van der Waals surface area contributed by atoms with Gasteiger partial charge in [-0.25, -0.2) is 8.42 Å². The van der Waals surface area contributed by atoms with Crippen molar-refractivity contribution in [2.75, 3.05) is 11.8 Å². The van der Waals surface area contributed by atoms with Crippen molar-refractivity contribution >= 4 is 15.7 Å². The molecule has 0 radical (unpaired) electrons. The summed E-state index contributed by atoms with van der Waals surface area (Å²) in [4.78, 5) is -0.273. The van der Waals surface area contributed by atoms with Crippen LogP contribution in [-0.4, -0.2) is 15.5 Å². The van der Waals surface area contributed by atoms with Crippen LogP contribution in [0.1, 0.15) is 11.1 Å². The number of benzene rings is 2. The molecule has 2 N–H and O–H groups in total. The highest BCUT2D eigenvalue weighted by Gasteiger charge is 2.30. The Bertz CT molecular complexity index is 1050. The molecular weight excluding hydrogens is 393 g/mol. The molecule has 1 aromatic heterocycles. The fourth-order valence-electron chi connectivity index (χ4n) is 2.66. The van der Waals surface area contributed by atoms with E-state index in [0.717, 1.165) is 29.8 Å². The molecule has 5 nitrogen and oxygen atoms in total. The fraction of sp³-hybridized carbons (Fsp3) is 0.158. The van der Waals surface area contributed by atoms with Crippen LogP contribution < -0.4 is 10.0 Å². The summed E-state index contributed by atoms with van der Waals surface area (Å²) in [7, 11) is -2.34. The van der Waals surface area contributed by atoms with E-state index in [-0.39, 0.29) is 10.6 Å². The first-order chi connectivity index (χ1) is 13.2. The summed E-state index contributed by atoms with van der Waals surface area (Å²) >= 11 is 0. The summed E-state index contributed by atoms with van der Waals surface area (Å²) in [5.74, 6) is 0.459. The van der Waals surface area contributed by atoms with Crippen LogP contribution in [0.25, 0.3) is 11.3 Å². The predicted molar refractivity (Wildman–Crippen MR) is 99.2 cm³/mol. The highest BCUT2D eigenvalue weighted by atomic mass is 32.2. The zero-order chi connectivity index (χ0) is 20.4. The summed E-state index contributed by atoms with van der Waals surface area (Å²) in [5, 5.41) is 2.97. The molecule has 0 aliphatic carbocycles. The summed E-state index contributed by atoms with van der Waals surface area (Å²) in [6.45, 7) is 0.507. The average Bonchev–Trinajstić information content (AvgIpc) is 3.16. The lowest BCUT2D eigenvalue weighted by Crippen LogP contribution is -2.15. The van der Waals surface area contributed by atoms with Gasteiger partial charge < -0.3 is 9.73 Å². The lowest BCUT2D eigenvalue weighted by atomic mass is 10.1. The smallest absolute Gasteiger partial charge is 0.416 e. The normalized spacial score (nSPS) is 12.1. The Morgan fingerprint density at radius 1 is 1.04 bits per heavy atom. The molecule has 1 heterocycles. The number of furan rings is 1. The van der Waals surface area contributed by atoms with Crippen molar-refractivity contribution in [2.45, 2.75) is 17.6 Å². The Kier molecular flexibility index (Phi) is 5.48. The molecule has 148 valence electrons. The Balaban J connectivity index is 1.98. The van der Waals surface area contributed by atoms with Crippen LogP contribution in [0.5, 0.6) is 0 Å². The molecule has 0 saturated heterocycles. The Morgan fingerprint density at radius 2 is 1.75 bits per heavy atom. The van der Waals surface area contributed by atoms with Gasteiger partial charge in [-0.3, -0.25) is 4.72 Å². The second-order valence-corrected chi connectivity index (χ2v) is 7.70. The number of anilines is 1. The molecule has 0 atom stereocenters. The minimum atomic E-state index is -4.54. The molecule has 0 aliphatic rings. The van der Waals surface area contributed by atoms with Crippen LogP contribution >= 0.6 is 0 Å². The standard InChI is InChI=1S/C19H17F3N2O3S/c1-23-12-13-4-9-16(18-3-2-10-27-18)17(11-13)24-28(25,26)15-7-5-14(6-8-15)19(20,21)22/h2-11,23-24H,12H2,1H3. The van der Waals surface area contributed by atoms with Gasteiger partial charge in [-0.1, -0.05) is 6.07 Å². The fourth-order valence-corrected chi connectivity index (χ4v) is 3.73. The van der Waals surface area contributed by atoms with E-state index in [1.165, 1.54) is 6.26 Å². The highest BCUT2D eigenvalue weighted by Crippen LogP contribution is 2.33. The van der Waals surface area contributed by atoms with Crippen molar-refractivity contribution in [3.63, 3.8) is 0 Å². The molecule has 0 bridgehead atoms. The number of nitrogens with one attached hydrogen (secondary N) is 2. The Hall–Kier alpha value is -2.78. The van der Waals surface area contributed by atoms with Crippen molar-refractivity contribution in [3.8, 4) is 11.3 Å². The number of sulfonamides is 1. The lowest BCUT2D eigenvalue weighted by Gasteiger charge is -2.14. The minimum Gasteiger partial charge on any atom is -0.464 e. The quantitative estimate of drug-likeness (QED) is 0.628. The molecule has 0 unspecified atom stereocenters. The number of alkyl halides is 3. The molecule has 0 spiro atoms. The zero-order valence-electron chi connectivity index (χ0n) is 14.7. The SMILES string of the molecule is CNCc1ccc(-c2ccco2)c(NS(=O)(=O)c2ccc(C(F)(F)F)cc2)c1. The van der Waals surface area contributed by atoms with Crippen LogP contribution in [0.4, 0.5) is 18.9 Å². The second kappa shape index (κ2) is 7.69. The van der Waals surface area contributed by atoms with Crippen molar-refractivity contribution in [2.24, 2.45) is 0 Å². The van der Waals surface area contributed by atoms with Crippen molar-refractivity contribution < 1.29 is 26.0 Å². The number of rotatable bonds is 6. The van der Waals surface area contributed by atoms with Gasteiger partial charge in [0.05, 0.1) is 22.4 Å². The van der Waals surface area contributed by atoms with E-state index in [9.17, 15) is 21.6 Å². The molecular formula is C19H17F3N2O3S. The number of halogens is 3. The van der Waals surface area contributed by atoms with Gasteiger partial charge in [0.2, 0.25) is 0 Å². The minimum absolute atomic E-state index is 0.266. The number of hydrogen-bond donors (Lipinski definition) is 2. The molecule has 3 aromatic rings. The topological polar surface area (TPSA) is 71.3 Å². The van der Waals surface area contributed by atoms with Gasteiger partial charge in [0.15, 0.2) is 0 Å². The van der Waals surface area contributed by atoms with Crippen LogP contribution in [0, 0.1) is 0 Å². The zero-order valence-corrected chi connectivity index (χ0v) is 15.6. The maximum atomic E-state index is 12.7. The third-order valence-electron chi connectivity index (χ3n) is 3.99. The van der Waals surface area contributed by atoms with Gasteiger partial charge in [-0.2, -0.15) is 13.2 Å². The van der Waals surface area contributed by atoms with E-state index >= 15 is 0 Å². The Labute approximate surface area is 160 Å². The van der Waals surface area contributed by atoms with E-state index < -0.39 is 21.8 Å². The molecule has 0 fully saturated rings.